The average molecular weight is 449 g/mol. The van der Waals surface area contributed by atoms with Gasteiger partial charge in [0.1, 0.15) is 0 Å². The van der Waals surface area contributed by atoms with Gasteiger partial charge in [0.25, 0.3) is 0 Å². The van der Waals surface area contributed by atoms with Gasteiger partial charge in [-0.2, -0.15) is 0 Å². The van der Waals surface area contributed by atoms with E-state index in [-0.39, 0.29) is 8.80 Å². The van der Waals surface area contributed by atoms with E-state index in [4.69, 9.17) is 0 Å². The minimum absolute atomic E-state index is 0.370. The Hall–Kier alpha value is -0.703. The minimum atomic E-state index is -0.629. The SMILES string of the molecule is CCCCC[SiH]1CCC(C2CCC(CCCCc3ccc(CC)c(F)c3F)CC2)CC1. The van der Waals surface area contributed by atoms with Gasteiger partial charge < -0.3 is 0 Å². The van der Waals surface area contributed by atoms with Crippen molar-refractivity contribution in [1.82, 2.24) is 0 Å². The molecular weight excluding hydrogens is 402 g/mol. The molecule has 3 heteroatoms. The molecule has 3 rings (SSSR count). The van der Waals surface area contributed by atoms with Crippen molar-refractivity contribution < 1.29 is 8.78 Å². The fraction of sp³-hybridized carbons (Fsp3) is 0.786. The summed E-state index contributed by atoms with van der Waals surface area (Å²) in [6, 6.07) is 8.43. The van der Waals surface area contributed by atoms with Gasteiger partial charge >= 0.3 is 0 Å². The van der Waals surface area contributed by atoms with E-state index in [1.807, 2.05) is 6.92 Å². The van der Waals surface area contributed by atoms with Crippen LogP contribution < -0.4 is 0 Å². The third-order valence-electron chi connectivity index (χ3n) is 8.60. The van der Waals surface area contributed by atoms with E-state index in [1.54, 1.807) is 43.1 Å². The molecule has 0 amide bonds. The Balaban J connectivity index is 1.29. The fourth-order valence-corrected chi connectivity index (χ4v) is 9.95. The molecule has 0 radical (unpaired) electrons. The van der Waals surface area contributed by atoms with Crippen molar-refractivity contribution in [3.63, 3.8) is 0 Å². The first kappa shape index (κ1) is 24.9. The first-order valence-electron chi connectivity index (χ1n) is 13.6. The summed E-state index contributed by atoms with van der Waals surface area (Å²) in [7, 11) is -0.370. The van der Waals surface area contributed by atoms with Gasteiger partial charge in [-0.25, -0.2) is 8.78 Å². The lowest BCUT2D eigenvalue weighted by Gasteiger charge is -2.37. The monoisotopic (exact) mass is 448 g/mol. The molecule has 2 fully saturated rings. The minimum Gasteiger partial charge on any atom is -0.203 e. The van der Waals surface area contributed by atoms with E-state index < -0.39 is 11.6 Å². The molecule has 1 aliphatic carbocycles. The van der Waals surface area contributed by atoms with E-state index in [0.717, 1.165) is 30.6 Å². The number of hydrogen-bond acceptors (Lipinski definition) is 0. The summed E-state index contributed by atoms with van der Waals surface area (Å²) in [5, 5.41) is 0. The molecule has 176 valence electrons. The second-order valence-corrected chi connectivity index (χ2v) is 14.1. The summed E-state index contributed by atoms with van der Waals surface area (Å²) in [5.41, 5.74) is 1.05. The topological polar surface area (TPSA) is 0 Å². The van der Waals surface area contributed by atoms with Crippen molar-refractivity contribution >= 4 is 8.80 Å². The molecule has 1 heterocycles. The third kappa shape index (κ3) is 7.40. The van der Waals surface area contributed by atoms with Crippen molar-refractivity contribution in [1.29, 1.82) is 0 Å². The highest BCUT2D eigenvalue weighted by Gasteiger charge is 2.30. The maximum atomic E-state index is 14.2. The maximum Gasteiger partial charge on any atom is 0.162 e. The third-order valence-corrected chi connectivity index (χ3v) is 12.1. The molecular formula is C28H46F2Si. The molecule has 1 aromatic carbocycles. The quantitative estimate of drug-likeness (QED) is 0.234. The smallest absolute Gasteiger partial charge is 0.162 e. The van der Waals surface area contributed by atoms with Gasteiger partial charge in [0.2, 0.25) is 0 Å². The molecule has 1 saturated carbocycles. The zero-order chi connectivity index (χ0) is 22.1. The van der Waals surface area contributed by atoms with Gasteiger partial charge in [-0.05, 0) is 61.0 Å². The van der Waals surface area contributed by atoms with Crippen LogP contribution in [0.3, 0.4) is 0 Å². The van der Waals surface area contributed by atoms with Crippen LogP contribution in [0.2, 0.25) is 18.1 Å². The molecule has 1 saturated heterocycles. The van der Waals surface area contributed by atoms with Gasteiger partial charge in [0, 0.05) is 8.80 Å². The van der Waals surface area contributed by atoms with Crippen LogP contribution in [0.25, 0.3) is 0 Å². The lowest BCUT2D eigenvalue weighted by molar-refractivity contribution is 0.184. The Morgan fingerprint density at radius 3 is 2.10 bits per heavy atom. The molecule has 31 heavy (non-hydrogen) atoms. The van der Waals surface area contributed by atoms with Crippen LogP contribution in [-0.2, 0) is 12.8 Å². The van der Waals surface area contributed by atoms with Gasteiger partial charge in [-0.15, -0.1) is 0 Å². The summed E-state index contributed by atoms with van der Waals surface area (Å²) in [4.78, 5) is 0. The molecule has 0 N–H and O–H groups in total. The van der Waals surface area contributed by atoms with Crippen LogP contribution in [-0.4, -0.2) is 8.80 Å². The van der Waals surface area contributed by atoms with Gasteiger partial charge in [-0.3, -0.25) is 0 Å². The first-order valence-corrected chi connectivity index (χ1v) is 16.0. The molecule has 2 aliphatic rings. The Kier molecular flexibility index (Phi) is 10.5. The normalized spacial score (nSPS) is 26.8. The number of benzene rings is 1. The molecule has 0 spiro atoms. The van der Waals surface area contributed by atoms with Gasteiger partial charge in [0.05, 0.1) is 0 Å². The molecule has 0 aromatic heterocycles. The van der Waals surface area contributed by atoms with Crippen LogP contribution in [0.1, 0.15) is 102 Å². The highest BCUT2D eigenvalue weighted by molar-refractivity contribution is 6.58. The Bertz CT molecular complexity index is 643. The number of halogens is 2. The summed E-state index contributed by atoms with van der Waals surface area (Å²) < 4.78 is 28.2. The van der Waals surface area contributed by atoms with Crippen molar-refractivity contribution in [3.05, 3.63) is 34.9 Å². The largest absolute Gasteiger partial charge is 0.203 e. The summed E-state index contributed by atoms with van der Waals surface area (Å²) in [6.07, 6.45) is 17.8. The zero-order valence-corrected chi connectivity index (χ0v) is 21.4. The summed E-state index contributed by atoms with van der Waals surface area (Å²) >= 11 is 0. The Labute approximate surface area is 192 Å². The van der Waals surface area contributed by atoms with Crippen molar-refractivity contribution in [2.75, 3.05) is 0 Å². The molecule has 1 aliphatic heterocycles. The van der Waals surface area contributed by atoms with Crippen LogP contribution in [0, 0.1) is 29.4 Å². The lowest BCUT2D eigenvalue weighted by atomic mass is 9.73. The van der Waals surface area contributed by atoms with Crippen LogP contribution in [0.15, 0.2) is 12.1 Å². The fourth-order valence-electron chi connectivity index (χ4n) is 6.42. The van der Waals surface area contributed by atoms with Crippen LogP contribution in [0.4, 0.5) is 8.78 Å². The van der Waals surface area contributed by atoms with Crippen molar-refractivity contribution in [2.24, 2.45) is 17.8 Å². The highest BCUT2D eigenvalue weighted by atomic mass is 28.3. The van der Waals surface area contributed by atoms with E-state index >= 15 is 0 Å². The van der Waals surface area contributed by atoms with Crippen molar-refractivity contribution in [3.8, 4) is 0 Å². The van der Waals surface area contributed by atoms with Crippen molar-refractivity contribution in [2.45, 2.75) is 122 Å². The summed E-state index contributed by atoms with van der Waals surface area (Å²) in [6.45, 7) is 4.19. The lowest BCUT2D eigenvalue weighted by Crippen LogP contribution is -2.28. The second-order valence-electron chi connectivity index (χ2n) is 10.7. The van der Waals surface area contributed by atoms with E-state index in [0.29, 0.717) is 24.0 Å². The van der Waals surface area contributed by atoms with Crippen LogP contribution >= 0.6 is 0 Å². The van der Waals surface area contributed by atoms with Crippen LogP contribution in [0.5, 0.6) is 0 Å². The molecule has 0 bridgehead atoms. The zero-order valence-electron chi connectivity index (χ0n) is 20.2. The van der Waals surface area contributed by atoms with E-state index in [9.17, 15) is 8.78 Å². The average Bonchev–Trinajstić information content (AvgIpc) is 2.80. The van der Waals surface area contributed by atoms with Gasteiger partial charge in [0.15, 0.2) is 11.6 Å². The Morgan fingerprint density at radius 1 is 0.774 bits per heavy atom. The number of unbranched alkanes of at least 4 members (excludes halogenated alkanes) is 3. The van der Waals surface area contributed by atoms with E-state index in [2.05, 4.69) is 6.92 Å². The number of rotatable bonds is 11. The van der Waals surface area contributed by atoms with E-state index in [1.165, 1.54) is 51.4 Å². The molecule has 1 aromatic rings. The highest BCUT2D eigenvalue weighted by Crippen LogP contribution is 2.42. The second kappa shape index (κ2) is 13.1. The number of hydrogen-bond donors (Lipinski definition) is 0. The summed E-state index contributed by atoms with van der Waals surface area (Å²) in [5.74, 6) is 1.69. The molecule has 0 atom stereocenters. The number of aryl methyl sites for hydroxylation is 2. The standard InChI is InChI=1S/C28H46F2Si/c1-3-5-8-19-31-20-17-25(18-21-31)24-13-11-22(12-14-24)9-6-7-10-26-16-15-23(4-2)27(29)28(26)30/h15-16,22,24-25,31H,3-14,17-21H2,1-2H3. The predicted molar refractivity (Wildman–Crippen MR) is 133 cm³/mol. The molecule has 0 nitrogen and oxygen atoms in total. The van der Waals surface area contributed by atoms with Gasteiger partial charge in [-0.1, -0.05) is 102 Å². The molecule has 0 unspecified atom stereocenters. The predicted octanol–water partition coefficient (Wildman–Crippen LogP) is 8.87. The maximum absolute atomic E-state index is 14.2. The Morgan fingerprint density at radius 2 is 1.42 bits per heavy atom. The first-order chi connectivity index (χ1) is 15.1.